The van der Waals surface area contributed by atoms with Crippen LogP contribution < -0.4 is 4.74 Å². The highest BCUT2D eigenvalue weighted by Gasteiger charge is 2.15. The molecule has 4 heteroatoms. The Kier molecular flexibility index (Phi) is 5.78. The zero-order valence-corrected chi connectivity index (χ0v) is 13.0. The molecule has 1 aromatic carbocycles. The summed E-state index contributed by atoms with van der Waals surface area (Å²) < 4.78 is 6.22. The van der Waals surface area contributed by atoms with Gasteiger partial charge in [-0.25, -0.2) is 0 Å². The molecular weight excluding hydrogens is 343 g/mol. The van der Waals surface area contributed by atoms with Crippen LogP contribution in [0, 0.1) is 9.49 Å². The van der Waals surface area contributed by atoms with Crippen molar-refractivity contribution in [2.24, 2.45) is 5.92 Å². The van der Waals surface area contributed by atoms with E-state index in [2.05, 4.69) is 29.5 Å². The molecule has 0 heterocycles. The molecule has 0 fully saturated rings. The van der Waals surface area contributed by atoms with Gasteiger partial charge in [0.2, 0.25) is 0 Å². The third-order valence-electron chi connectivity index (χ3n) is 2.60. The summed E-state index contributed by atoms with van der Waals surface area (Å²) in [6, 6.07) is 5.52. The second kappa shape index (κ2) is 6.87. The van der Waals surface area contributed by atoms with Crippen molar-refractivity contribution in [2.75, 3.05) is 0 Å². The summed E-state index contributed by atoms with van der Waals surface area (Å²) in [4.78, 5) is 23.0. The van der Waals surface area contributed by atoms with Crippen molar-refractivity contribution in [3.63, 3.8) is 0 Å². The molecule has 3 nitrogen and oxygen atoms in total. The van der Waals surface area contributed by atoms with Crippen LogP contribution in [0.5, 0.6) is 5.75 Å². The summed E-state index contributed by atoms with van der Waals surface area (Å²) in [6.45, 7) is 5.62. The monoisotopic (exact) mass is 360 g/mol. The number of hydrogen-bond donors (Lipinski definition) is 0. The molecular formula is C14H17IO3. The minimum atomic E-state index is -0.492. The molecule has 0 radical (unpaired) electrons. The first-order valence-electron chi connectivity index (χ1n) is 5.95. The van der Waals surface area contributed by atoms with Crippen molar-refractivity contribution in [3.05, 3.63) is 27.3 Å². The quantitative estimate of drug-likeness (QED) is 0.350. The molecule has 1 aromatic rings. The Hall–Kier alpha value is -0.910. The molecule has 0 saturated heterocycles. The van der Waals surface area contributed by atoms with Crippen molar-refractivity contribution in [1.82, 2.24) is 0 Å². The van der Waals surface area contributed by atoms with E-state index in [1.807, 2.05) is 12.1 Å². The number of aryl methyl sites for hydroxylation is 1. The molecule has 0 spiro atoms. The van der Waals surface area contributed by atoms with Gasteiger partial charge in [0, 0.05) is 9.49 Å². The molecule has 18 heavy (non-hydrogen) atoms. The zero-order chi connectivity index (χ0) is 13.7. The van der Waals surface area contributed by atoms with Gasteiger partial charge in [-0.15, -0.1) is 0 Å². The molecule has 0 N–H and O–H groups in total. The molecule has 0 aromatic heterocycles. The van der Waals surface area contributed by atoms with Crippen LogP contribution >= 0.6 is 22.6 Å². The topological polar surface area (TPSA) is 43.4 Å². The molecule has 0 atom stereocenters. The largest absolute Gasteiger partial charge is 0.426 e. The van der Waals surface area contributed by atoms with Crippen LogP contribution in [-0.4, -0.2) is 11.8 Å². The smallest absolute Gasteiger partial charge is 0.318 e. The van der Waals surface area contributed by atoms with Gasteiger partial charge in [-0.2, -0.15) is 0 Å². The van der Waals surface area contributed by atoms with E-state index < -0.39 is 5.97 Å². The molecule has 0 saturated carbocycles. The zero-order valence-electron chi connectivity index (χ0n) is 10.8. The fourth-order valence-corrected chi connectivity index (χ4v) is 2.26. The van der Waals surface area contributed by atoms with E-state index in [1.165, 1.54) is 5.56 Å². The van der Waals surface area contributed by atoms with Crippen LogP contribution in [0.1, 0.15) is 32.8 Å². The summed E-state index contributed by atoms with van der Waals surface area (Å²) in [6.07, 6.45) is 0.780. The van der Waals surface area contributed by atoms with Crippen molar-refractivity contribution in [1.29, 1.82) is 0 Å². The third kappa shape index (κ3) is 4.40. The Bertz CT molecular complexity index is 452. The number of Topliss-reactive ketones (excluding diaryl/α,β-unsaturated/α-hetero) is 1. The SMILES string of the molecule is CCc1ccc(OC(=O)CC(=O)C(C)C)cc1I. The van der Waals surface area contributed by atoms with Gasteiger partial charge in [0.1, 0.15) is 18.0 Å². The minimum Gasteiger partial charge on any atom is -0.426 e. The van der Waals surface area contributed by atoms with Gasteiger partial charge < -0.3 is 4.74 Å². The Morgan fingerprint density at radius 3 is 2.50 bits per heavy atom. The van der Waals surface area contributed by atoms with E-state index in [4.69, 9.17) is 4.74 Å². The van der Waals surface area contributed by atoms with Crippen molar-refractivity contribution in [2.45, 2.75) is 33.6 Å². The lowest BCUT2D eigenvalue weighted by molar-refractivity contribution is -0.138. The van der Waals surface area contributed by atoms with E-state index in [-0.39, 0.29) is 18.1 Å². The average molecular weight is 360 g/mol. The highest BCUT2D eigenvalue weighted by Crippen LogP contribution is 2.20. The maximum absolute atomic E-state index is 11.5. The summed E-state index contributed by atoms with van der Waals surface area (Å²) in [5, 5.41) is 0. The number of halogens is 1. The van der Waals surface area contributed by atoms with E-state index in [0.29, 0.717) is 5.75 Å². The Morgan fingerprint density at radius 2 is 2.00 bits per heavy atom. The van der Waals surface area contributed by atoms with Crippen LogP contribution in [-0.2, 0) is 16.0 Å². The van der Waals surface area contributed by atoms with Crippen LogP contribution in [0.15, 0.2) is 18.2 Å². The second-order valence-electron chi connectivity index (χ2n) is 4.38. The van der Waals surface area contributed by atoms with Gasteiger partial charge in [-0.3, -0.25) is 9.59 Å². The van der Waals surface area contributed by atoms with Crippen LogP contribution in [0.4, 0.5) is 0 Å². The van der Waals surface area contributed by atoms with E-state index in [0.717, 1.165) is 9.99 Å². The van der Waals surface area contributed by atoms with Crippen molar-refractivity contribution >= 4 is 34.3 Å². The first-order chi connectivity index (χ1) is 8.43. The molecule has 0 aliphatic rings. The molecule has 0 bridgehead atoms. The number of ketones is 1. The van der Waals surface area contributed by atoms with Gasteiger partial charge in [0.05, 0.1) is 0 Å². The fraction of sp³-hybridized carbons (Fsp3) is 0.429. The maximum atomic E-state index is 11.5. The molecule has 98 valence electrons. The summed E-state index contributed by atoms with van der Waals surface area (Å²) in [5.74, 6) is -0.230. The summed E-state index contributed by atoms with van der Waals surface area (Å²) in [5.41, 5.74) is 1.22. The number of esters is 1. The molecule has 0 amide bonds. The van der Waals surface area contributed by atoms with E-state index >= 15 is 0 Å². The molecule has 0 aliphatic heterocycles. The number of benzene rings is 1. The first kappa shape index (κ1) is 15.1. The van der Waals surface area contributed by atoms with Gasteiger partial charge in [0.15, 0.2) is 0 Å². The predicted molar refractivity (Wildman–Crippen MR) is 78.6 cm³/mol. The van der Waals surface area contributed by atoms with Gasteiger partial charge in [-0.05, 0) is 46.7 Å². The van der Waals surface area contributed by atoms with Gasteiger partial charge in [-0.1, -0.05) is 26.8 Å². The number of carbonyl (C=O) groups is 2. The third-order valence-corrected chi connectivity index (χ3v) is 3.60. The Morgan fingerprint density at radius 1 is 1.33 bits per heavy atom. The number of carbonyl (C=O) groups excluding carboxylic acids is 2. The van der Waals surface area contributed by atoms with Crippen molar-refractivity contribution in [3.8, 4) is 5.75 Å². The van der Waals surface area contributed by atoms with E-state index in [9.17, 15) is 9.59 Å². The summed E-state index contributed by atoms with van der Waals surface area (Å²) >= 11 is 2.21. The number of hydrogen-bond acceptors (Lipinski definition) is 3. The Balaban J connectivity index is 2.65. The normalized spacial score (nSPS) is 10.5. The molecule has 1 rings (SSSR count). The van der Waals surface area contributed by atoms with E-state index in [1.54, 1.807) is 19.9 Å². The average Bonchev–Trinajstić information content (AvgIpc) is 2.28. The predicted octanol–water partition coefficient (Wildman–Crippen LogP) is 3.37. The van der Waals surface area contributed by atoms with Crippen LogP contribution in [0.2, 0.25) is 0 Å². The molecule has 0 aliphatic carbocycles. The maximum Gasteiger partial charge on any atom is 0.318 e. The van der Waals surface area contributed by atoms with Gasteiger partial charge in [0.25, 0.3) is 0 Å². The van der Waals surface area contributed by atoms with Crippen molar-refractivity contribution < 1.29 is 14.3 Å². The number of ether oxygens (including phenoxy) is 1. The standard InChI is InChI=1S/C14H17IO3/c1-4-10-5-6-11(7-12(10)15)18-14(17)8-13(16)9(2)3/h5-7,9H,4,8H2,1-3H3. The van der Waals surface area contributed by atoms with Gasteiger partial charge >= 0.3 is 5.97 Å². The Labute approximate surface area is 121 Å². The highest BCUT2D eigenvalue weighted by molar-refractivity contribution is 14.1. The highest BCUT2D eigenvalue weighted by atomic mass is 127. The lowest BCUT2D eigenvalue weighted by atomic mass is 10.1. The lowest BCUT2D eigenvalue weighted by Crippen LogP contribution is -2.17. The first-order valence-corrected chi connectivity index (χ1v) is 7.03. The number of rotatable bonds is 5. The minimum absolute atomic E-state index is 0.0973. The van der Waals surface area contributed by atoms with Crippen LogP contribution in [0.25, 0.3) is 0 Å². The van der Waals surface area contributed by atoms with Crippen LogP contribution in [0.3, 0.4) is 0 Å². The lowest BCUT2D eigenvalue weighted by Gasteiger charge is -2.07. The second-order valence-corrected chi connectivity index (χ2v) is 5.54. The summed E-state index contributed by atoms with van der Waals surface area (Å²) in [7, 11) is 0. The molecule has 0 unspecified atom stereocenters. The fourth-order valence-electron chi connectivity index (χ4n) is 1.39.